The van der Waals surface area contributed by atoms with Gasteiger partial charge >= 0.3 is 0 Å². The Kier molecular flexibility index (Phi) is 5.94. The first-order chi connectivity index (χ1) is 8.19. The minimum absolute atomic E-state index is 0.290. The molecule has 0 heterocycles. The molecule has 2 N–H and O–H groups in total. The minimum atomic E-state index is -0.312. The molecule has 0 bridgehead atoms. The number of ether oxygens (including phenoxy) is 2. The molecule has 1 aromatic carbocycles. The van der Waals surface area contributed by atoms with Crippen molar-refractivity contribution in [1.29, 1.82) is 0 Å². The maximum atomic E-state index is 13.7. The molecule has 1 unspecified atom stereocenters. The number of nitrogens with two attached hydrogens (primary N) is 1. The lowest BCUT2D eigenvalue weighted by atomic mass is 10.0. The standard InChI is InChI=1S/C13H20FNO2/c1-3-17-8-4-5-13(15)11-7-6-10(16-2)9-12(11)14/h6-7,9,13H,3-5,8,15H2,1-2H3. The summed E-state index contributed by atoms with van der Waals surface area (Å²) in [6, 6.07) is 4.47. The van der Waals surface area contributed by atoms with E-state index in [1.54, 1.807) is 12.1 Å². The summed E-state index contributed by atoms with van der Waals surface area (Å²) in [7, 11) is 1.51. The molecule has 0 amide bonds. The van der Waals surface area contributed by atoms with E-state index < -0.39 is 0 Å². The topological polar surface area (TPSA) is 44.5 Å². The first-order valence-electron chi connectivity index (χ1n) is 5.85. The van der Waals surface area contributed by atoms with Gasteiger partial charge in [-0.15, -0.1) is 0 Å². The predicted molar refractivity (Wildman–Crippen MR) is 65.6 cm³/mol. The van der Waals surface area contributed by atoms with Crippen LogP contribution in [0.1, 0.15) is 31.4 Å². The van der Waals surface area contributed by atoms with Crippen molar-refractivity contribution in [3.63, 3.8) is 0 Å². The van der Waals surface area contributed by atoms with Crippen molar-refractivity contribution in [3.05, 3.63) is 29.6 Å². The van der Waals surface area contributed by atoms with Crippen LogP contribution in [-0.2, 0) is 4.74 Å². The Hall–Kier alpha value is -1.13. The van der Waals surface area contributed by atoms with Crippen LogP contribution in [-0.4, -0.2) is 20.3 Å². The Balaban J connectivity index is 2.53. The van der Waals surface area contributed by atoms with Crippen LogP contribution in [0, 0.1) is 5.82 Å². The maximum absolute atomic E-state index is 13.7. The van der Waals surface area contributed by atoms with Gasteiger partial charge in [-0.25, -0.2) is 4.39 Å². The summed E-state index contributed by atoms with van der Waals surface area (Å²) in [5, 5.41) is 0. The molecule has 1 rings (SSSR count). The van der Waals surface area contributed by atoms with Crippen molar-refractivity contribution >= 4 is 0 Å². The van der Waals surface area contributed by atoms with Gasteiger partial charge < -0.3 is 15.2 Å². The molecule has 0 saturated heterocycles. The summed E-state index contributed by atoms with van der Waals surface area (Å²) in [4.78, 5) is 0. The van der Waals surface area contributed by atoms with Crippen LogP contribution >= 0.6 is 0 Å². The summed E-state index contributed by atoms with van der Waals surface area (Å²) < 4.78 is 23.8. The molecule has 0 saturated carbocycles. The zero-order valence-corrected chi connectivity index (χ0v) is 10.4. The van der Waals surface area contributed by atoms with Gasteiger partial charge in [0.25, 0.3) is 0 Å². The third-order valence-electron chi connectivity index (χ3n) is 2.62. The Labute approximate surface area is 102 Å². The number of halogens is 1. The zero-order chi connectivity index (χ0) is 12.7. The van der Waals surface area contributed by atoms with Crippen LogP contribution in [0.3, 0.4) is 0 Å². The largest absolute Gasteiger partial charge is 0.497 e. The van der Waals surface area contributed by atoms with Crippen molar-refractivity contribution in [2.24, 2.45) is 5.73 Å². The molecule has 17 heavy (non-hydrogen) atoms. The molecule has 4 heteroatoms. The molecule has 0 aromatic heterocycles. The van der Waals surface area contributed by atoms with Gasteiger partial charge in [0.05, 0.1) is 7.11 Å². The first-order valence-corrected chi connectivity index (χ1v) is 5.85. The van der Waals surface area contributed by atoms with Crippen LogP contribution in [0.15, 0.2) is 18.2 Å². The molecule has 96 valence electrons. The molecule has 0 spiro atoms. The molecule has 0 aliphatic carbocycles. The lowest BCUT2D eigenvalue weighted by Crippen LogP contribution is -2.13. The summed E-state index contributed by atoms with van der Waals surface area (Å²) >= 11 is 0. The fourth-order valence-electron chi connectivity index (χ4n) is 1.64. The monoisotopic (exact) mass is 241 g/mol. The Bertz CT molecular complexity index is 344. The van der Waals surface area contributed by atoms with E-state index in [9.17, 15) is 4.39 Å². The second-order valence-corrected chi connectivity index (χ2v) is 3.83. The van der Waals surface area contributed by atoms with Crippen LogP contribution < -0.4 is 10.5 Å². The van der Waals surface area contributed by atoms with Crippen molar-refractivity contribution in [2.75, 3.05) is 20.3 Å². The van der Waals surface area contributed by atoms with Gasteiger partial charge in [-0.3, -0.25) is 0 Å². The molecule has 0 fully saturated rings. The average molecular weight is 241 g/mol. The van der Waals surface area contributed by atoms with E-state index in [0.717, 1.165) is 6.42 Å². The smallest absolute Gasteiger partial charge is 0.131 e. The summed E-state index contributed by atoms with van der Waals surface area (Å²) in [5.74, 6) is 0.195. The lowest BCUT2D eigenvalue weighted by Gasteiger charge is -2.13. The van der Waals surface area contributed by atoms with Crippen LogP contribution in [0.25, 0.3) is 0 Å². The van der Waals surface area contributed by atoms with Crippen LogP contribution in [0.2, 0.25) is 0 Å². The number of rotatable bonds is 7. The Morgan fingerprint density at radius 2 is 2.18 bits per heavy atom. The molecule has 0 radical (unpaired) electrons. The Morgan fingerprint density at radius 3 is 2.76 bits per heavy atom. The van der Waals surface area contributed by atoms with E-state index in [0.29, 0.717) is 30.9 Å². The van der Waals surface area contributed by atoms with Gasteiger partial charge in [-0.1, -0.05) is 6.07 Å². The van der Waals surface area contributed by atoms with Gasteiger partial charge in [0, 0.05) is 30.9 Å². The fraction of sp³-hybridized carbons (Fsp3) is 0.538. The number of hydrogen-bond donors (Lipinski definition) is 1. The second kappa shape index (κ2) is 7.25. The lowest BCUT2D eigenvalue weighted by molar-refractivity contribution is 0.142. The zero-order valence-electron chi connectivity index (χ0n) is 10.4. The fourth-order valence-corrected chi connectivity index (χ4v) is 1.64. The highest BCUT2D eigenvalue weighted by Gasteiger charge is 2.11. The normalized spacial score (nSPS) is 12.5. The number of methoxy groups -OCH3 is 1. The van der Waals surface area contributed by atoms with E-state index in [-0.39, 0.29) is 11.9 Å². The Morgan fingerprint density at radius 1 is 1.41 bits per heavy atom. The van der Waals surface area contributed by atoms with Crippen LogP contribution in [0.4, 0.5) is 4.39 Å². The molecule has 3 nitrogen and oxygen atoms in total. The maximum Gasteiger partial charge on any atom is 0.131 e. The summed E-state index contributed by atoms with van der Waals surface area (Å²) in [6.45, 7) is 3.32. The minimum Gasteiger partial charge on any atom is -0.497 e. The van der Waals surface area contributed by atoms with E-state index >= 15 is 0 Å². The highest BCUT2D eigenvalue weighted by atomic mass is 19.1. The third-order valence-corrected chi connectivity index (χ3v) is 2.62. The van der Waals surface area contributed by atoms with E-state index in [4.69, 9.17) is 15.2 Å². The SMILES string of the molecule is CCOCCCC(N)c1ccc(OC)cc1F. The molecular formula is C13H20FNO2. The molecule has 0 aliphatic rings. The summed E-state index contributed by atoms with van der Waals surface area (Å²) in [5.41, 5.74) is 6.46. The van der Waals surface area contributed by atoms with E-state index in [1.165, 1.54) is 13.2 Å². The van der Waals surface area contributed by atoms with E-state index in [1.807, 2.05) is 6.92 Å². The first kappa shape index (κ1) is 13.9. The molecule has 1 aromatic rings. The van der Waals surface area contributed by atoms with Gasteiger partial charge in [-0.2, -0.15) is 0 Å². The van der Waals surface area contributed by atoms with Crippen molar-refractivity contribution < 1.29 is 13.9 Å². The average Bonchev–Trinajstić information content (AvgIpc) is 2.34. The van der Waals surface area contributed by atoms with Gasteiger partial charge in [-0.05, 0) is 25.8 Å². The molecule has 0 aliphatic heterocycles. The quantitative estimate of drug-likeness (QED) is 0.746. The molecule has 1 atom stereocenters. The van der Waals surface area contributed by atoms with Gasteiger partial charge in [0.2, 0.25) is 0 Å². The van der Waals surface area contributed by atoms with E-state index in [2.05, 4.69) is 0 Å². The molecular weight excluding hydrogens is 221 g/mol. The van der Waals surface area contributed by atoms with Gasteiger partial charge in [0.1, 0.15) is 11.6 Å². The van der Waals surface area contributed by atoms with Crippen molar-refractivity contribution in [2.45, 2.75) is 25.8 Å². The number of hydrogen-bond acceptors (Lipinski definition) is 3. The summed E-state index contributed by atoms with van der Waals surface area (Å²) in [6.07, 6.45) is 1.55. The van der Waals surface area contributed by atoms with Crippen LogP contribution in [0.5, 0.6) is 5.75 Å². The highest BCUT2D eigenvalue weighted by molar-refractivity contribution is 5.30. The second-order valence-electron chi connectivity index (χ2n) is 3.83. The number of benzene rings is 1. The highest BCUT2D eigenvalue weighted by Crippen LogP contribution is 2.23. The predicted octanol–water partition coefficient (Wildman–Crippen LogP) is 2.65. The van der Waals surface area contributed by atoms with Crippen molar-refractivity contribution in [3.8, 4) is 5.75 Å². The third kappa shape index (κ3) is 4.32. The van der Waals surface area contributed by atoms with Gasteiger partial charge in [0.15, 0.2) is 0 Å². The van der Waals surface area contributed by atoms with Crippen molar-refractivity contribution in [1.82, 2.24) is 0 Å².